The first kappa shape index (κ1) is 13.5. The molecular weight excluding hydrogens is 222 g/mol. The molecule has 17 heavy (non-hydrogen) atoms. The van der Waals surface area contributed by atoms with Crippen LogP contribution in [0.3, 0.4) is 0 Å². The van der Waals surface area contributed by atoms with E-state index in [1.54, 1.807) is 26.8 Å². The molecule has 5 heteroatoms. The highest BCUT2D eigenvalue weighted by Crippen LogP contribution is 2.45. The third-order valence-corrected chi connectivity index (χ3v) is 2.57. The van der Waals surface area contributed by atoms with Crippen molar-refractivity contribution in [2.45, 2.75) is 38.3 Å². The summed E-state index contributed by atoms with van der Waals surface area (Å²) in [4.78, 5) is 23.2. The van der Waals surface area contributed by atoms with Gasteiger partial charge in [-0.3, -0.25) is 0 Å². The van der Waals surface area contributed by atoms with Crippen molar-refractivity contribution >= 4 is 12.1 Å². The van der Waals surface area contributed by atoms with E-state index in [4.69, 9.17) is 4.74 Å². The van der Waals surface area contributed by atoms with Crippen LogP contribution in [0.1, 0.15) is 27.2 Å². The first-order valence-corrected chi connectivity index (χ1v) is 5.47. The van der Waals surface area contributed by atoms with Crippen LogP contribution in [0.2, 0.25) is 0 Å². The molecule has 0 aromatic heterocycles. The van der Waals surface area contributed by atoms with Crippen LogP contribution in [0, 0.1) is 5.92 Å². The molecule has 96 valence electrons. The smallest absolute Gasteiger partial charge is 0.408 e. The molecule has 0 heterocycles. The number of rotatable bonds is 3. The molecule has 0 aliphatic heterocycles. The molecule has 1 rings (SSSR count). The Kier molecular flexibility index (Phi) is 3.50. The Morgan fingerprint density at radius 3 is 2.41 bits per heavy atom. The van der Waals surface area contributed by atoms with E-state index in [1.165, 1.54) is 7.11 Å². The van der Waals surface area contributed by atoms with Gasteiger partial charge >= 0.3 is 12.1 Å². The van der Waals surface area contributed by atoms with E-state index in [-0.39, 0.29) is 5.92 Å². The Morgan fingerprint density at radius 2 is 2.06 bits per heavy atom. The van der Waals surface area contributed by atoms with Gasteiger partial charge in [0.1, 0.15) is 11.1 Å². The first-order chi connectivity index (χ1) is 7.75. The molecule has 0 bridgehead atoms. The van der Waals surface area contributed by atoms with Crippen LogP contribution in [0.4, 0.5) is 4.79 Å². The molecule has 1 N–H and O–H groups in total. The van der Waals surface area contributed by atoms with Crippen molar-refractivity contribution in [3.63, 3.8) is 0 Å². The van der Waals surface area contributed by atoms with E-state index in [2.05, 4.69) is 16.6 Å². The third kappa shape index (κ3) is 2.99. The predicted molar refractivity (Wildman–Crippen MR) is 62.4 cm³/mol. The van der Waals surface area contributed by atoms with Gasteiger partial charge in [0, 0.05) is 5.92 Å². The summed E-state index contributed by atoms with van der Waals surface area (Å²) in [5.41, 5.74) is -1.58. The maximum Gasteiger partial charge on any atom is 0.408 e. The molecule has 1 aliphatic carbocycles. The zero-order valence-corrected chi connectivity index (χ0v) is 10.7. The molecule has 1 saturated carbocycles. The minimum atomic E-state index is -0.987. The molecular formula is C12H19NO4. The van der Waals surface area contributed by atoms with Gasteiger partial charge in [-0.1, -0.05) is 6.08 Å². The Morgan fingerprint density at radius 1 is 1.47 bits per heavy atom. The molecule has 5 nitrogen and oxygen atoms in total. The van der Waals surface area contributed by atoms with Crippen LogP contribution in [-0.4, -0.2) is 30.3 Å². The number of carbonyl (C=O) groups excluding carboxylic acids is 2. The topological polar surface area (TPSA) is 64.6 Å². The molecule has 0 spiro atoms. The van der Waals surface area contributed by atoms with Crippen LogP contribution in [0.5, 0.6) is 0 Å². The predicted octanol–water partition coefficient (Wildman–Crippen LogP) is 1.63. The Bertz CT molecular complexity index is 345. The number of nitrogens with one attached hydrogen (secondary N) is 1. The lowest BCUT2D eigenvalue weighted by Crippen LogP contribution is -2.47. The normalized spacial score (nSPS) is 26.9. The van der Waals surface area contributed by atoms with Crippen LogP contribution in [0.15, 0.2) is 12.7 Å². The molecule has 1 amide bonds. The van der Waals surface area contributed by atoms with Crippen LogP contribution < -0.4 is 5.32 Å². The molecule has 1 fully saturated rings. The van der Waals surface area contributed by atoms with Crippen molar-refractivity contribution in [3.05, 3.63) is 12.7 Å². The molecule has 1 aliphatic rings. The number of hydrogen-bond acceptors (Lipinski definition) is 4. The highest BCUT2D eigenvalue weighted by molar-refractivity contribution is 5.90. The fourth-order valence-electron chi connectivity index (χ4n) is 1.67. The number of carbonyl (C=O) groups is 2. The summed E-state index contributed by atoms with van der Waals surface area (Å²) in [6.07, 6.45) is 1.52. The lowest BCUT2D eigenvalue weighted by molar-refractivity contribution is -0.144. The summed E-state index contributed by atoms with van der Waals surface area (Å²) in [6, 6.07) is 0. The summed E-state index contributed by atoms with van der Waals surface area (Å²) in [6.45, 7) is 8.89. The Hall–Kier alpha value is -1.52. The van der Waals surface area contributed by atoms with Gasteiger partial charge in [0.15, 0.2) is 0 Å². The van der Waals surface area contributed by atoms with Crippen molar-refractivity contribution in [1.82, 2.24) is 5.32 Å². The lowest BCUT2D eigenvalue weighted by atomic mass is 10.2. The van der Waals surface area contributed by atoms with Gasteiger partial charge in [-0.25, -0.2) is 9.59 Å². The molecule has 0 radical (unpaired) electrons. The van der Waals surface area contributed by atoms with E-state index >= 15 is 0 Å². The Balaban J connectivity index is 2.68. The average molecular weight is 241 g/mol. The van der Waals surface area contributed by atoms with Crippen molar-refractivity contribution in [2.75, 3.05) is 7.11 Å². The standard InChI is InChI=1S/C12H19NO4/c1-6-8-7-12(8,9(14)16-5)13-10(15)17-11(2,3)4/h6,8H,1,7H2,2-5H3,(H,13,15)/t8-,12?/m0/s1. The number of ether oxygens (including phenoxy) is 2. The maximum atomic E-state index is 11.6. The zero-order valence-electron chi connectivity index (χ0n) is 10.7. The van der Waals surface area contributed by atoms with E-state index in [0.717, 1.165) is 0 Å². The second-order valence-corrected chi connectivity index (χ2v) is 5.14. The van der Waals surface area contributed by atoms with E-state index in [1.807, 2.05) is 0 Å². The fraction of sp³-hybridized carbons (Fsp3) is 0.667. The van der Waals surface area contributed by atoms with Gasteiger partial charge in [0.25, 0.3) is 0 Å². The number of amides is 1. The van der Waals surface area contributed by atoms with Gasteiger partial charge in [0.2, 0.25) is 0 Å². The monoisotopic (exact) mass is 241 g/mol. The SMILES string of the molecule is C=C[C@H]1CC1(NC(=O)OC(C)(C)C)C(=O)OC. The van der Waals surface area contributed by atoms with Crippen molar-refractivity contribution in [3.8, 4) is 0 Å². The second kappa shape index (κ2) is 4.39. The summed E-state index contributed by atoms with van der Waals surface area (Å²) in [5, 5.41) is 2.57. The molecule has 1 unspecified atom stereocenters. The quantitative estimate of drug-likeness (QED) is 0.602. The summed E-state index contributed by atoms with van der Waals surface area (Å²) < 4.78 is 9.79. The number of methoxy groups -OCH3 is 1. The second-order valence-electron chi connectivity index (χ2n) is 5.14. The Labute approximate surface area is 101 Å². The van der Waals surface area contributed by atoms with Crippen LogP contribution >= 0.6 is 0 Å². The van der Waals surface area contributed by atoms with E-state index < -0.39 is 23.2 Å². The minimum absolute atomic E-state index is 0.0949. The van der Waals surface area contributed by atoms with Gasteiger partial charge in [-0.05, 0) is 27.2 Å². The van der Waals surface area contributed by atoms with Gasteiger partial charge in [-0.15, -0.1) is 6.58 Å². The molecule has 0 aromatic rings. The van der Waals surface area contributed by atoms with Crippen molar-refractivity contribution < 1.29 is 19.1 Å². The fourth-order valence-corrected chi connectivity index (χ4v) is 1.67. The summed E-state index contributed by atoms with van der Waals surface area (Å²) >= 11 is 0. The summed E-state index contributed by atoms with van der Waals surface area (Å²) in [7, 11) is 1.29. The zero-order chi connectivity index (χ0) is 13.3. The van der Waals surface area contributed by atoms with Crippen molar-refractivity contribution in [2.24, 2.45) is 5.92 Å². The highest BCUT2D eigenvalue weighted by Gasteiger charge is 2.61. The minimum Gasteiger partial charge on any atom is -0.467 e. The number of esters is 1. The highest BCUT2D eigenvalue weighted by atomic mass is 16.6. The molecule has 0 saturated heterocycles. The van der Waals surface area contributed by atoms with E-state index in [9.17, 15) is 9.59 Å². The number of alkyl carbamates (subject to hydrolysis) is 1. The lowest BCUT2D eigenvalue weighted by Gasteiger charge is -2.22. The molecule has 2 atom stereocenters. The third-order valence-electron chi connectivity index (χ3n) is 2.57. The van der Waals surface area contributed by atoms with Gasteiger partial charge in [0.05, 0.1) is 7.11 Å². The van der Waals surface area contributed by atoms with Gasteiger partial charge < -0.3 is 14.8 Å². The van der Waals surface area contributed by atoms with Gasteiger partial charge in [-0.2, -0.15) is 0 Å². The molecule has 0 aromatic carbocycles. The van der Waals surface area contributed by atoms with Crippen LogP contribution in [0.25, 0.3) is 0 Å². The summed E-state index contributed by atoms with van der Waals surface area (Å²) in [5.74, 6) is -0.560. The number of hydrogen-bond donors (Lipinski definition) is 1. The maximum absolute atomic E-state index is 11.6. The first-order valence-electron chi connectivity index (χ1n) is 5.47. The largest absolute Gasteiger partial charge is 0.467 e. The van der Waals surface area contributed by atoms with E-state index in [0.29, 0.717) is 6.42 Å². The van der Waals surface area contributed by atoms with Crippen molar-refractivity contribution in [1.29, 1.82) is 0 Å². The average Bonchev–Trinajstić information content (AvgIpc) is 2.88. The van der Waals surface area contributed by atoms with Crippen LogP contribution in [-0.2, 0) is 14.3 Å².